The highest BCUT2D eigenvalue weighted by molar-refractivity contribution is 5.96. The van der Waals surface area contributed by atoms with Crippen LogP contribution in [0.5, 0.6) is 5.75 Å². The predicted octanol–water partition coefficient (Wildman–Crippen LogP) is 4.57. The molecule has 0 radical (unpaired) electrons. The molecule has 30 heavy (non-hydrogen) atoms. The lowest BCUT2D eigenvalue weighted by Gasteiger charge is -2.24. The van der Waals surface area contributed by atoms with E-state index >= 15 is 0 Å². The first-order valence-corrected chi connectivity index (χ1v) is 9.81. The van der Waals surface area contributed by atoms with Crippen LogP contribution >= 0.6 is 0 Å². The standard InChI is InChI=1S/C25H19NO4/c27-24(20-14-18-10-4-6-12-21(18)30-25(20)28)26-15-19-11-5-7-13-22(19)29-23(16-26)17-8-2-1-3-9-17/h1-14,23H,15-16H2. The first-order chi connectivity index (χ1) is 14.7. The third-order valence-electron chi connectivity index (χ3n) is 5.32. The molecule has 4 aromatic rings. The average molecular weight is 397 g/mol. The van der Waals surface area contributed by atoms with Gasteiger partial charge in [0.25, 0.3) is 5.91 Å². The summed E-state index contributed by atoms with van der Waals surface area (Å²) in [5.41, 5.74) is 1.73. The van der Waals surface area contributed by atoms with Gasteiger partial charge in [0.05, 0.1) is 6.54 Å². The summed E-state index contributed by atoms with van der Waals surface area (Å²) in [6.07, 6.45) is -0.341. The average Bonchev–Trinajstić information content (AvgIpc) is 2.98. The fourth-order valence-electron chi connectivity index (χ4n) is 3.79. The summed E-state index contributed by atoms with van der Waals surface area (Å²) in [5.74, 6) is 0.378. The molecule has 0 saturated carbocycles. The number of hydrogen-bond donors (Lipinski definition) is 0. The molecule has 0 aliphatic carbocycles. The van der Waals surface area contributed by atoms with Crippen LogP contribution in [0.1, 0.15) is 27.6 Å². The number of carbonyl (C=O) groups is 1. The van der Waals surface area contributed by atoms with Gasteiger partial charge in [-0.3, -0.25) is 4.79 Å². The van der Waals surface area contributed by atoms with E-state index in [9.17, 15) is 9.59 Å². The second-order valence-electron chi connectivity index (χ2n) is 7.30. The van der Waals surface area contributed by atoms with Crippen molar-refractivity contribution in [3.8, 4) is 5.75 Å². The Morgan fingerprint density at radius 2 is 1.63 bits per heavy atom. The van der Waals surface area contributed by atoms with Crippen LogP contribution in [-0.4, -0.2) is 17.4 Å². The van der Waals surface area contributed by atoms with Crippen molar-refractivity contribution in [1.29, 1.82) is 0 Å². The molecule has 1 atom stereocenters. The number of hydrogen-bond acceptors (Lipinski definition) is 4. The largest absolute Gasteiger partial charge is 0.484 e. The van der Waals surface area contributed by atoms with E-state index in [0.717, 1.165) is 16.9 Å². The Labute approximate surface area is 173 Å². The second kappa shape index (κ2) is 7.52. The topological polar surface area (TPSA) is 59.8 Å². The zero-order valence-electron chi connectivity index (χ0n) is 16.2. The van der Waals surface area contributed by atoms with Gasteiger partial charge in [0.1, 0.15) is 23.0 Å². The molecule has 1 amide bonds. The van der Waals surface area contributed by atoms with E-state index < -0.39 is 5.63 Å². The van der Waals surface area contributed by atoms with E-state index in [1.165, 1.54) is 0 Å². The number of para-hydroxylation sites is 2. The van der Waals surface area contributed by atoms with Gasteiger partial charge in [-0.2, -0.15) is 0 Å². The van der Waals surface area contributed by atoms with E-state index in [4.69, 9.17) is 9.15 Å². The number of fused-ring (bicyclic) bond motifs is 2. The molecule has 1 unspecified atom stereocenters. The lowest BCUT2D eigenvalue weighted by Crippen LogP contribution is -2.36. The van der Waals surface area contributed by atoms with E-state index in [1.54, 1.807) is 23.1 Å². The van der Waals surface area contributed by atoms with Gasteiger partial charge in [-0.15, -0.1) is 0 Å². The van der Waals surface area contributed by atoms with Crippen LogP contribution in [0.3, 0.4) is 0 Å². The fourth-order valence-corrected chi connectivity index (χ4v) is 3.79. The van der Waals surface area contributed by atoms with E-state index in [-0.39, 0.29) is 17.6 Å². The molecule has 1 aromatic heterocycles. The van der Waals surface area contributed by atoms with Crippen molar-refractivity contribution in [3.63, 3.8) is 0 Å². The van der Waals surface area contributed by atoms with Crippen LogP contribution < -0.4 is 10.4 Å². The molecule has 1 aliphatic heterocycles. The zero-order valence-corrected chi connectivity index (χ0v) is 16.2. The Morgan fingerprint density at radius 1 is 0.900 bits per heavy atom. The lowest BCUT2D eigenvalue weighted by molar-refractivity contribution is 0.0673. The van der Waals surface area contributed by atoms with Gasteiger partial charge in [0.15, 0.2) is 0 Å². The number of rotatable bonds is 2. The predicted molar refractivity (Wildman–Crippen MR) is 113 cm³/mol. The van der Waals surface area contributed by atoms with Gasteiger partial charge in [-0.25, -0.2) is 4.79 Å². The van der Waals surface area contributed by atoms with Gasteiger partial charge in [-0.1, -0.05) is 66.7 Å². The van der Waals surface area contributed by atoms with Crippen molar-refractivity contribution in [1.82, 2.24) is 4.90 Å². The molecule has 2 heterocycles. The van der Waals surface area contributed by atoms with Crippen molar-refractivity contribution in [2.75, 3.05) is 6.54 Å². The third kappa shape index (κ3) is 3.35. The molecule has 0 N–H and O–H groups in total. The summed E-state index contributed by atoms with van der Waals surface area (Å²) in [7, 11) is 0. The second-order valence-corrected chi connectivity index (χ2v) is 7.30. The minimum atomic E-state index is -0.631. The lowest BCUT2D eigenvalue weighted by atomic mass is 10.1. The van der Waals surface area contributed by atoms with Crippen LogP contribution in [0.4, 0.5) is 0 Å². The van der Waals surface area contributed by atoms with Gasteiger partial charge < -0.3 is 14.1 Å². The summed E-state index contributed by atoms with van der Waals surface area (Å²) in [4.78, 5) is 27.6. The smallest absolute Gasteiger partial charge is 0.349 e. The number of nitrogens with zero attached hydrogens (tertiary/aromatic N) is 1. The van der Waals surface area contributed by atoms with Gasteiger partial charge in [0.2, 0.25) is 0 Å². The highest BCUT2D eigenvalue weighted by Gasteiger charge is 2.29. The van der Waals surface area contributed by atoms with E-state index in [0.29, 0.717) is 24.1 Å². The van der Waals surface area contributed by atoms with E-state index in [2.05, 4.69) is 0 Å². The minimum absolute atomic E-state index is 0.0277. The van der Waals surface area contributed by atoms with Crippen LogP contribution in [-0.2, 0) is 6.54 Å². The van der Waals surface area contributed by atoms with Gasteiger partial charge in [0, 0.05) is 17.5 Å². The molecular formula is C25H19NO4. The minimum Gasteiger partial charge on any atom is -0.484 e. The zero-order chi connectivity index (χ0) is 20.5. The summed E-state index contributed by atoms with van der Waals surface area (Å²) < 4.78 is 11.6. The first kappa shape index (κ1) is 18.2. The van der Waals surface area contributed by atoms with Crippen LogP contribution in [0.25, 0.3) is 11.0 Å². The van der Waals surface area contributed by atoms with Gasteiger partial charge >= 0.3 is 5.63 Å². The fraction of sp³-hybridized carbons (Fsp3) is 0.120. The number of amides is 1. The Morgan fingerprint density at radius 3 is 2.50 bits per heavy atom. The molecule has 0 fully saturated rings. The summed E-state index contributed by atoms with van der Waals surface area (Å²) in [6, 6.07) is 26.2. The number of ether oxygens (including phenoxy) is 1. The van der Waals surface area contributed by atoms with Crippen molar-refractivity contribution in [2.24, 2.45) is 0 Å². The van der Waals surface area contributed by atoms with Crippen molar-refractivity contribution >= 4 is 16.9 Å². The monoisotopic (exact) mass is 397 g/mol. The molecule has 0 saturated heterocycles. The molecule has 0 spiro atoms. The summed E-state index contributed by atoms with van der Waals surface area (Å²) in [5, 5.41) is 0.714. The Hall–Kier alpha value is -3.86. The maximum atomic E-state index is 13.4. The van der Waals surface area contributed by atoms with Crippen LogP contribution in [0.2, 0.25) is 0 Å². The van der Waals surface area contributed by atoms with Crippen molar-refractivity contribution in [3.05, 3.63) is 112 Å². The molecule has 3 aromatic carbocycles. The quantitative estimate of drug-likeness (QED) is 0.465. The van der Waals surface area contributed by atoms with Crippen molar-refractivity contribution < 1.29 is 13.9 Å². The number of benzene rings is 3. The third-order valence-corrected chi connectivity index (χ3v) is 5.32. The van der Waals surface area contributed by atoms with Crippen LogP contribution in [0, 0.1) is 0 Å². The Bertz CT molecular complexity index is 1280. The molecule has 5 nitrogen and oxygen atoms in total. The van der Waals surface area contributed by atoms with E-state index in [1.807, 2.05) is 66.7 Å². The maximum Gasteiger partial charge on any atom is 0.349 e. The highest BCUT2D eigenvalue weighted by atomic mass is 16.5. The van der Waals surface area contributed by atoms with Gasteiger partial charge in [-0.05, 0) is 23.8 Å². The van der Waals surface area contributed by atoms with Crippen LogP contribution in [0.15, 0.2) is 94.1 Å². The maximum absolute atomic E-state index is 13.4. The molecule has 5 rings (SSSR count). The Balaban J connectivity index is 1.56. The number of carbonyl (C=O) groups excluding carboxylic acids is 1. The molecule has 0 bridgehead atoms. The highest BCUT2D eigenvalue weighted by Crippen LogP contribution is 2.31. The SMILES string of the molecule is O=C(c1cc2ccccc2oc1=O)N1Cc2ccccc2OC(c2ccccc2)C1. The normalized spacial score (nSPS) is 15.9. The molecule has 5 heteroatoms. The molecule has 1 aliphatic rings. The first-order valence-electron chi connectivity index (χ1n) is 9.81. The summed E-state index contributed by atoms with van der Waals surface area (Å²) >= 11 is 0. The molecule has 148 valence electrons. The molecular weight excluding hydrogens is 378 g/mol. The Kier molecular flexibility index (Phi) is 4.56. The summed E-state index contributed by atoms with van der Waals surface area (Å²) in [6.45, 7) is 0.675. The van der Waals surface area contributed by atoms with Crippen molar-refractivity contribution in [2.45, 2.75) is 12.6 Å².